The lowest BCUT2D eigenvalue weighted by atomic mass is 10.1. The molecule has 1 amide bonds. The van der Waals surface area contributed by atoms with Gasteiger partial charge in [-0.25, -0.2) is 4.79 Å². The van der Waals surface area contributed by atoms with Crippen LogP contribution in [-0.4, -0.2) is 19.8 Å². The third kappa shape index (κ3) is 2.89. The lowest BCUT2D eigenvalue weighted by Gasteiger charge is -2.12. The van der Waals surface area contributed by atoms with Gasteiger partial charge in [-0.1, -0.05) is 0 Å². The fraction of sp³-hybridized carbons (Fsp3) is 0.417. The van der Waals surface area contributed by atoms with Crippen LogP contribution in [-0.2, 0) is 4.74 Å². The fourth-order valence-corrected chi connectivity index (χ4v) is 1.33. The first-order valence-electron chi connectivity index (χ1n) is 5.17. The van der Waals surface area contributed by atoms with Gasteiger partial charge in [0.25, 0.3) is 0 Å². The van der Waals surface area contributed by atoms with Gasteiger partial charge in [-0.3, -0.25) is 5.32 Å². The van der Waals surface area contributed by atoms with Gasteiger partial charge in [0.2, 0.25) is 0 Å². The Labute approximate surface area is 95.6 Å². The zero-order valence-corrected chi connectivity index (χ0v) is 10.1. The molecular formula is C12H17NO3. The predicted octanol–water partition coefficient (Wildman–Crippen LogP) is 2.88. The maximum absolute atomic E-state index is 11.3. The van der Waals surface area contributed by atoms with Gasteiger partial charge in [0.05, 0.1) is 19.4 Å². The SMILES string of the molecule is CCOC(=O)Nc1cc(C)c(C)cc1OC. The minimum atomic E-state index is -0.468. The summed E-state index contributed by atoms with van der Waals surface area (Å²) in [5.74, 6) is 0.635. The van der Waals surface area contributed by atoms with E-state index in [-0.39, 0.29) is 0 Å². The van der Waals surface area contributed by atoms with E-state index in [2.05, 4.69) is 5.32 Å². The van der Waals surface area contributed by atoms with E-state index in [0.29, 0.717) is 18.0 Å². The van der Waals surface area contributed by atoms with Crippen LogP contribution in [0.5, 0.6) is 5.75 Å². The van der Waals surface area contributed by atoms with Crippen LogP contribution >= 0.6 is 0 Å². The zero-order chi connectivity index (χ0) is 12.1. The number of amides is 1. The summed E-state index contributed by atoms with van der Waals surface area (Å²) < 4.78 is 10.00. The molecule has 1 rings (SSSR count). The largest absolute Gasteiger partial charge is 0.495 e. The summed E-state index contributed by atoms with van der Waals surface area (Å²) in [6.45, 7) is 6.08. The van der Waals surface area contributed by atoms with Crippen LogP contribution in [0.1, 0.15) is 18.1 Å². The first-order chi connectivity index (χ1) is 7.58. The van der Waals surface area contributed by atoms with Crippen LogP contribution in [0.15, 0.2) is 12.1 Å². The third-order valence-corrected chi connectivity index (χ3v) is 2.33. The predicted molar refractivity (Wildman–Crippen MR) is 63.1 cm³/mol. The molecule has 0 spiro atoms. The van der Waals surface area contributed by atoms with E-state index < -0.39 is 6.09 Å². The summed E-state index contributed by atoms with van der Waals surface area (Å²) in [6, 6.07) is 3.75. The second-order valence-electron chi connectivity index (χ2n) is 3.48. The molecule has 0 aliphatic rings. The molecule has 0 fully saturated rings. The van der Waals surface area contributed by atoms with Crippen LogP contribution in [0.3, 0.4) is 0 Å². The molecule has 0 saturated heterocycles. The molecule has 0 radical (unpaired) electrons. The van der Waals surface area contributed by atoms with Gasteiger partial charge in [-0.15, -0.1) is 0 Å². The van der Waals surface area contributed by atoms with Crippen LogP contribution in [0.25, 0.3) is 0 Å². The van der Waals surface area contributed by atoms with E-state index in [0.717, 1.165) is 11.1 Å². The summed E-state index contributed by atoms with van der Waals surface area (Å²) in [5, 5.41) is 2.64. The van der Waals surface area contributed by atoms with E-state index in [9.17, 15) is 4.79 Å². The number of carbonyl (C=O) groups is 1. The second kappa shape index (κ2) is 5.39. The minimum absolute atomic E-state index is 0.346. The Morgan fingerprint density at radius 1 is 1.31 bits per heavy atom. The average molecular weight is 223 g/mol. The van der Waals surface area contributed by atoms with E-state index in [4.69, 9.17) is 9.47 Å². The molecule has 16 heavy (non-hydrogen) atoms. The van der Waals surface area contributed by atoms with Gasteiger partial charge >= 0.3 is 6.09 Å². The zero-order valence-electron chi connectivity index (χ0n) is 10.1. The Hall–Kier alpha value is -1.71. The van der Waals surface area contributed by atoms with E-state index in [1.165, 1.54) is 0 Å². The molecule has 1 aromatic rings. The highest BCUT2D eigenvalue weighted by molar-refractivity contribution is 5.87. The molecule has 0 unspecified atom stereocenters. The number of hydrogen-bond donors (Lipinski definition) is 1. The van der Waals surface area contributed by atoms with Gasteiger partial charge < -0.3 is 9.47 Å². The summed E-state index contributed by atoms with van der Waals surface area (Å²) in [5.41, 5.74) is 2.84. The monoisotopic (exact) mass is 223 g/mol. The molecule has 88 valence electrons. The summed E-state index contributed by atoms with van der Waals surface area (Å²) in [6.07, 6.45) is -0.468. The minimum Gasteiger partial charge on any atom is -0.495 e. The maximum atomic E-state index is 11.3. The molecule has 1 N–H and O–H groups in total. The lowest BCUT2D eigenvalue weighted by molar-refractivity contribution is 0.168. The molecule has 4 nitrogen and oxygen atoms in total. The number of hydrogen-bond acceptors (Lipinski definition) is 3. The number of anilines is 1. The van der Waals surface area contributed by atoms with Gasteiger partial charge in [-0.2, -0.15) is 0 Å². The second-order valence-corrected chi connectivity index (χ2v) is 3.48. The number of methoxy groups -OCH3 is 1. The third-order valence-electron chi connectivity index (χ3n) is 2.33. The maximum Gasteiger partial charge on any atom is 0.411 e. The molecule has 0 atom stereocenters. The van der Waals surface area contributed by atoms with Crippen molar-refractivity contribution in [2.24, 2.45) is 0 Å². The Morgan fingerprint density at radius 3 is 2.50 bits per heavy atom. The molecule has 0 saturated carbocycles. The highest BCUT2D eigenvalue weighted by atomic mass is 16.5. The summed E-state index contributed by atoms with van der Waals surface area (Å²) in [7, 11) is 1.57. The molecule has 1 aromatic carbocycles. The highest BCUT2D eigenvalue weighted by Gasteiger charge is 2.09. The van der Waals surface area contributed by atoms with E-state index in [1.807, 2.05) is 26.0 Å². The number of nitrogens with one attached hydrogen (secondary N) is 1. The summed E-state index contributed by atoms with van der Waals surface area (Å²) in [4.78, 5) is 11.3. The van der Waals surface area contributed by atoms with Crippen molar-refractivity contribution >= 4 is 11.8 Å². The molecular weight excluding hydrogens is 206 g/mol. The van der Waals surface area contributed by atoms with Crippen molar-refractivity contribution in [1.82, 2.24) is 0 Å². The molecule has 0 heterocycles. The van der Waals surface area contributed by atoms with Gasteiger partial charge in [0.1, 0.15) is 5.75 Å². The van der Waals surface area contributed by atoms with Crippen LogP contribution in [0, 0.1) is 13.8 Å². The fourth-order valence-electron chi connectivity index (χ4n) is 1.33. The van der Waals surface area contributed by atoms with Gasteiger partial charge in [0, 0.05) is 0 Å². The van der Waals surface area contributed by atoms with Gasteiger partial charge in [-0.05, 0) is 44.0 Å². The Kier molecular flexibility index (Phi) is 4.17. The first kappa shape index (κ1) is 12.4. The van der Waals surface area contributed by atoms with Crippen LogP contribution < -0.4 is 10.1 Å². The average Bonchev–Trinajstić information content (AvgIpc) is 2.23. The number of benzene rings is 1. The number of aryl methyl sites for hydroxylation is 2. The number of rotatable bonds is 3. The normalized spacial score (nSPS) is 9.75. The van der Waals surface area contributed by atoms with E-state index in [1.54, 1.807) is 14.0 Å². The van der Waals surface area contributed by atoms with Gasteiger partial charge in [0.15, 0.2) is 0 Å². The summed E-state index contributed by atoms with van der Waals surface area (Å²) >= 11 is 0. The molecule has 4 heteroatoms. The quantitative estimate of drug-likeness (QED) is 0.857. The number of ether oxygens (including phenoxy) is 2. The first-order valence-corrected chi connectivity index (χ1v) is 5.17. The van der Waals surface area contributed by atoms with Crippen molar-refractivity contribution in [1.29, 1.82) is 0 Å². The van der Waals surface area contributed by atoms with E-state index >= 15 is 0 Å². The number of carbonyl (C=O) groups excluding carboxylic acids is 1. The van der Waals surface area contributed by atoms with Crippen molar-refractivity contribution in [2.75, 3.05) is 19.0 Å². The van der Waals surface area contributed by atoms with Crippen molar-refractivity contribution in [3.8, 4) is 5.75 Å². The van der Waals surface area contributed by atoms with Crippen molar-refractivity contribution in [3.63, 3.8) is 0 Å². The lowest BCUT2D eigenvalue weighted by Crippen LogP contribution is -2.14. The Bertz CT molecular complexity index is 388. The van der Waals surface area contributed by atoms with Crippen molar-refractivity contribution < 1.29 is 14.3 Å². The van der Waals surface area contributed by atoms with Crippen LogP contribution in [0.4, 0.5) is 10.5 Å². The standard InChI is InChI=1S/C12H17NO3/c1-5-16-12(14)13-10-6-8(2)9(3)7-11(10)15-4/h6-7H,5H2,1-4H3,(H,13,14). The smallest absolute Gasteiger partial charge is 0.411 e. The molecule has 0 aromatic heterocycles. The topological polar surface area (TPSA) is 47.6 Å². The molecule has 0 bridgehead atoms. The highest BCUT2D eigenvalue weighted by Crippen LogP contribution is 2.27. The Morgan fingerprint density at radius 2 is 1.94 bits per heavy atom. The van der Waals surface area contributed by atoms with Crippen molar-refractivity contribution in [2.45, 2.75) is 20.8 Å². The Balaban J connectivity index is 2.94. The molecule has 0 aliphatic heterocycles. The van der Waals surface area contributed by atoms with Crippen molar-refractivity contribution in [3.05, 3.63) is 23.3 Å². The van der Waals surface area contributed by atoms with Crippen LogP contribution in [0.2, 0.25) is 0 Å². The molecule has 0 aliphatic carbocycles.